The van der Waals surface area contributed by atoms with Gasteiger partial charge in [-0.05, 0) is 17.9 Å². The Balaban J connectivity index is 2.41. The first-order valence-electron chi connectivity index (χ1n) is 6.59. The topological polar surface area (TPSA) is 111 Å². The van der Waals surface area contributed by atoms with Gasteiger partial charge in [0.1, 0.15) is 5.65 Å². The van der Waals surface area contributed by atoms with Crippen LogP contribution in [0.4, 0.5) is 0 Å². The highest BCUT2D eigenvalue weighted by molar-refractivity contribution is 5.69. The molecule has 0 saturated heterocycles. The number of fused-ring (bicyclic) bond motifs is 1. The lowest BCUT2D eigenvalue weighted by atomic mass is 10.1. The van der Waals surface area contributed by atoms with Crippen molar-refractivity contribution >= 4 is 11.2 Å². The number of hydrogen-bond donors (Lipinski definition) is 0. The largest absolute Gasteiger partial charge is 0.332 e. The van der Waals surface area contributed by atoms with Gasteiger partial charge in [-0.1, -0.05) is 12.0 Å². The Hall–Kier alpha value is -2.54. The number of aromatic nitrogens is 4. The number of rotatable bonds is 5. The average Bonchev–Trinajstić information content (AvgIpc) is 2.87. The fourth-order valence-corrected chi connectivity index (χ4v) is 2.32. The molecule has 0 fully saturated rings. The lowest BCUT2D eigenvalue weighted by Crippen LogP contribution is -2.37. The van der Waals surface area contributed by atoms with Crippen molar-refractivity contribution in [3.63, 3.8) is 0 Å². The van der Waals surface area contributed by atoms with Crippen LogP contribution in [0.1, 0.15) is 13.3 Å². The molecular formula is C12H17N7O2. The normalized spacial score (nSPS) is 12.3. The number of imidazole rings is 1. The summed E-state index contributed by atoms with van der Waals surface area (Å²) in [5, 5.41) is 3.51. The maximum absolute atomic E-state index is 12.0. The van der Waals surface area contributed by atoms with Crippen molar-refractivity contribution < 1.29 is 0 Å². The van der Waals surface area contributed by atoms with E-state index in [2.05, 4.69) is 15.0 Å². The second-order valence-electron chi connectivity index (χ2n) is 5.12. The Labute approximate surface area is 120 Å². The fraction of sp³-hybridized carbons (Fsp3) is 0.583. The first kappa shape index (κ1) is 14.9. The monoisotopic (exact) mass is 291 g/mol. The number of azide groups is 1. The molecule has 9 heteroatoms. The Kier molecular flexibility index (Phi) is 4.13. The molecule has 0 aliphatic carbocycles. The third kappa shape index (κ3) is 2.68. The van der Waals surface area contributed by atoms with E-state index < -0.39 is 5.56 Å². The zero-order chi connectivity index (χ0) is 15.6. The van der Waals surface area contributed by atoms with Gasteiger partial charge in [-0.15, -0.1) is 0 Å². The molecule has 0 bridgehead atoms. The summed E-state index contributed by atoms with van der Waals surface area (Å²) in [6.45, 7) is 3.03. The van der Waals surface area contributed by atoms with Crippen LogP contribution in [0.2, 0.25) is 0 Å². The average molecular weight is 291 g/mol. The maximum Gasteiger partial charge on any atom is 0.332 e. The molecule has 0 radical (unpaired) electrons. The molecule has 1 unspecified atom stereocenters. The van der Waals surface area contributed by atoms with Gasteiger partial charge in [-0.25, -0.2) is 9.78 Å². The standard InChI is InChI=1S/C12H17N7O2/c1-8(4-5-15-16-13)6-19-7-14-9-10(19)17(2)12(21)18(3)11(9)20/h7-8H,4-6H2,1-3H3. The number of nitrogens with zero attached hydrogens (tertiary/aromatic N) is 7. The summed E-state index contributed by atoms with van der Waals surface area (Å²) in [4.78, 5) is 30.8. The van der Waals surface area contributed by atoms with E-state index >= 15 is 0 Å². The van der Waals surface area contributed by atoms with E-state index in [0.29, 0.717) is 18.7 Å². The SMILES string of the molecule is CC(CCN=[N+]=[N-])Cn1cnc2c(=O)n(C)c(=O)n(C)c21. The lowest BCUT2D eigenvalue weighted by Gasteiger charge is -2.13. The van der Waals surface area contributed by atoms with Gasteiger partial charge < -0.3 is 4.57 Å². The van der Waals surface area contributed by atoms with E-state index in [1.807, 2.05) is 6.92 Å². The molecule has 0 aliphatic rings. The van der Waals surface area contributed by atoms with Crippen LogP contribution in [0.5, 0.6) is 0 Å². The molecule has 112 valence electrons. The van der Waals surface area contributed by atoms with Crippen LogP contribution >= 0.6 is 0 Å². The van der Waals surface area contributed by atoms with E-state index in [1.165, 1.54) is 11.6 Å². The highest BCUT2D eigenvalue weighted by Gasteiger charge is 2.15. The Morgan fingerprint density at radius 2 is 2.10 bits per heavy atom. The molecular weight excluding hydrogens is 274 g/mol. The molecule has 2 aromatic heterocycles. The van der Waals surface area contributed by atoms with Gasteiger partial charge in [0.25, 0.3) is 5.56 Å². The molecule has 1 atom stereocenters. The van der Waals surface area contributed by atoms with Crippen molar-refractivity contribution in [2.24, 2.45) is 25.1 Å². The van der Waals surface area contributed by atoms with Gasteiger partial charge >= 0.3 is 5.69 Å². The van der Waals surface area contributed by atoms with E-state index in [0.717, 1.165) is 11.0 Å². The molecule has 0 aliphatic heterocycles. The summed E-state index contributed by atoms with van der Waals surface area (Å²) in [6, 6.07) is 0. The minimum absolute atomic E-state index is 0.229. The zero-order valence-corrected chi connectivity index (χ0v) is 12.2. The van der Waals surface area contributed by atoms with Crippen LogP contribution in [0.15, 0.2) is 21.0 Å². The second kappa shape index (κ2) is 5.84. The van der Waals surface area contributed by atoms with Gasteiger partial charge in [0.15, 0.2) is 5.52 Å². The number of hydrogen-bond acceptors (Lipinski definition) is 4. The van der Waals surface area contributed by atoms with Gasteiger partial charge in [0.2, 0.25) is 0 Å². The van der Waals surface area contributed by atoms with Crippen LogP contribution < -0.4 is 11.2 Å². The smallest absolute Gasteiger partial charge is 0.316 e. The van der Waals surface area contributed by atoms with Crippen LogP contribution in [-0.2, 0) is 20.6 Å². The Morgan fingerprint density at radius 3 is 2.76 bits per heavy atom. The Morgan fingerprint density at radius 1 is 1.38 bits per heavy atom. The zero-order valence-electron chi connectivity index (χ0n) is 12.2. The fourth-order valence-electron chi connectivity index (χ4n) is 2.32. The molecule has 2 heterocycles. The van der Waals surface area contributed by atoms with Crippen molar-refractivity contribution in [3.8, 4) is 0 Å². The molecule has 0 aromatic carbocycles. The first-order chi connectivity index (χ1) is 9.97. The van der Waals surface area contributed by atoms with E-state index in [9.17, 15) is 9.59 Å². The third-order valence-electron chi connectivity index (χ3n) is 3.50. The highest BCUT2D eigenvalue weighted by atomic mass is 16.2. The number of aryl methyl sites for hydroxylation is 1. The highest BCUT2D eigenvalue weighted by Crippen LogP contribution is 2.11. The predicted molar refractivity (Wildman–Crippen MR) is 78.0 cm³/mol. The molecule has 9 nitrogen and oxygen atoms in total. The van der Waals surface area contributed by atoms with Crippen LogP contribution in [0.3, 0.4) is 0 Å². The van der Waals surface area contributed by atoms with Crippen molar-refractivity contribution in [2.45, 2.75) is 19.9 Å². The van der Waals surface area contributed by atoms with Gasteiger partial charge in [-0.3, -0.25) is 13.9 Å². The van der Waals surface area contributed by atoms with Crippen molar-refractivity contribution in [2.75, 3.05) is 6.54 Å². The van der Waals surface area contributed by atoms with E-state index in [-0.39, 0.29) is 17.1 Å². The maximum atomic E-state index is 12.0. The van der Waals surface area contributed by atoms with E-state index in [1.54, 1.807) is 17.9 Å². The molecule has 21 heavy (non-hydrogen) atoms. The molecule has 2 aromatic rings. The summed E-state index contributed by atoms with van der Waals surface area (Å²) in [5.74, 6) is 0.229. The van der Waals surface area contributed by atoms with Crippen LogP contribution in [0.25, 0.3) is 21.6 Å². The van der Waals surface area contributed by atoms with Gasteiger partial charge in [0.05, 0.1) is 6.33 Å². The summed E-state index contributed by atoms with van der Waals surface area (Å²) in [5.41, 5.74) is 8.29. The summed E-state index contributed by atoms with van der Waals surface area (Å²) >= 11 is 0. The molecule has 0 N–H and O–H groups in total. The molecule has 2 rings (SSSR count). The lowest BCUT2D eigenvalue weighted by molar-refractivity contribution is 0.458. The van der Waals surface area contributed by atoms with Gasteiger partial charge in [-0.2, -0.15) is 0 Å². The summed E-state index contributed by atoms with van der Waals surface area (Å²) < 4.78 is 4.26. The minimum Gasteiger partial charge on any atom is -0.316 e. The molecule has 0 spiro atoms. The van der Waals surface area contributed by atoms with Crippen LogP contribution in [0, 0.1) is 5.92 Å². The third-order valence-corrected chi connectivity index (χ3v) is 3.50. The van der Waals surface area contributed by atoms with Crippen molar-refractivity contribution in [1.82, 2.24) is 18.7 Å². The molecule has 0 saturated carbocycles. The second-order valence-corrected chi connectivity index (χ2v) is 5.12. The predicted octanol–water partition coefficient (Wildman–Crippen LogP) is 0.770. The first-order valence-corrected chi connectivity index (χ1v) is 6.59. The van der Waals surface area contributed by atoms with Crippen LogP contribution in [-0.4, -0.2) is 25.2 Å². The summed E-state index contributed by atoms with van der Waals surface area (Å²) in [6.07, 6.45) is 2.29. The summed E-state index contributed by atoms with van der Waals surface area (Å²) in [7, 11) is 3.05. The molecule has 0 amide bonds. The van der Waals surface area contributed by atoms with Crippen molar-refractivity contribution in [1.29, 1.82) is 0 Å². The van der Waals surface area contributed by atoms with Gasteiger partial charge in [0, 0.05) is 32.1 Å². The quantitative estimate of drug-likeness (QED) is 0.460. The Bertz CT molecular complexity index is 822. The van der Waals surface area contributed by atoms with E-state index in [4.69, 9.17) is 5.53 Å². The minimum atomic E-state index is -0.395. The van der Waals surface area contributed by atoms with Crippen molar-refractivity contribution in [3.05, 3.63) is 37.6 Å².